The highest BCUT2D eigenvalue weighted by atomic mass is 32.1. The number of fused-ring (bicyclic) bond motifs is 1. The summed E-state index contributed by atoms with van der Waals surface area (Å²) in [6.07, 6.45) is 5.80. The van der Waals surface area contributed by atoms with Crippen molar-refractivity contribution in [2.75, 3.05) is 32.7 Å². The number of hydrogen-bond acceptors (Lipinski definition) is 4. The van der Waals surface area contributed by atoms with E-state index in [4.69, 9.17) is 4.98 Å². The zero-order valence-electron chi connectivity index (χ0n) is 23.8. The maximum Gasteiger partial charge on any atom is 0.253 e. The quantitative estimate of drug-likeness (QED) is 0.249. The molecule has 3 aromatic rings. The van der Waals surface area contributed by atoms with E-state index >= 15 is 0 Å². The Balaban J connectivity index is 1.65. The maximum absolute atomic E-state index is 13.7. The number of likely N-dealkylation sites (tertiary alicyclic amines) is 1. The monoisotopic (exact) mass is 522 g/mol. The molecule has 6 heteroatoms. The van der Waals surface area contributed by atoms with Gasteiger partial charge in [-0.2, -0.15) is 0 Å². The third kappa shape index (κ3) is 7.02. The van der Waals surface area contributed by atoms with E-state index in [0.29, 0.717) is 11.8 Å². The van der Waals surface area contributed by atoms with Crippen molar-refractivity contribution < 1.29 is 4.79 Å². The van der Waals surface area contributed by atoms with Gasteiger partial charge in [0, 0.05) is 30.1 Å². The summed E-state index contributed by atoms with van der Waals surface area (Å²) in [6, 6.07) is 8.41. The van der Waals surface area contributed by atoms with Gasteiger partial charge < -0.3 is 14.4 Å². The zero-order chi connectivity index (χ0) is 26.5. The highest BCUT2D eigenvalue weighted by Gasteiger charge is 2.21. The second-order valence-electron chi connectivity index (χ2n) is 11.7. The highest BCUT2D eigenvalue weighted by Crippen LogP contribution is 2.33. The van der Waals surface area contributed by atoms with Gasteiger partial charge in [0.15, 0.2) is 5.82 Å². The number of amides is 1. The Kier molecular flexibility index (Phi) is 9.46. The van der Waals surface area contributed by atoms with Gasteiger partial charge in [-0.05, 0) is 107 Å². The highest BCUT2D eigenvalue weighted by molar-refractivity contribution is 7.15. The minimum Gasteiger partial charge on any atom is -0.339 e. The molecule has 1 amide bonds. The van der Waals surface area contributed by atoms with Crippen LogP contribution in [0.3, 0.4) is 0 Å². The topological polar surface area (TPSA) is 41.4 Å². The predicted molar refractivity (Wildman–Crippen MR) is 158 cm³/mol. The Bertz CT molecular complexity index is 1150. The molecule has 0 radical (unpaired) electrons. The number of benzene rings is 1. The third-order valence-electron chi connectivity index (χ3n) is 7.68. The fourth-order valence-electron chi connectivity index (χ4n) is 5.14. The van der Waals surface area contributed by atoms with E-state index in [9.17, 15) is 4.79 Å². The molecule has 4 rings (SSSR count). The van der Waals surface area contributed by atoms with Crippen molar-refractivity contribution in [1.29, 1.82) is 0 Å². The molecule has 202 valence electrons. The lowest BCUT2D eigenvalue weighted by atomic mass is 10.1. The standard InChI is InChI=1S/C31H46N4OS/c1-22(2)12-18-34(19-13-23(3)4)31(36)26-10-11-27-28(21-26)35(17-9-16-33-14-7-8-15-33)30(32-27)29-20-24(5)25(6)37-29/h10-11,20-23H,7-9,12-19H2,1-6H3. The van der Waals surface area contributed by atoms with Crippen molar-refractivity contribution >= 4 is 28.3 Å². The fraction of sp³-hybridized carbons (Fsp3) is 0.613. The number of aromatic nitrogens is 2. The van der Waals surface area contributed by atoms with E-state index in [1.807, 2.05) is 17.4 Å². The Morgan fingerprint density at radius 1 is 1.00 bits per heavy atom. The van der Waals surface area contributed by atoms with E-state index < -0.39 is 0 Å². The summed E-state index contributed by atoms with van der Waals surface area (Å²) in [5.74, 6) is 2.35. The lowest BCUT2D eigenvalue weighted by Gasteiger charge is -2.25. The molecule has 0 bridgehead atoms. The molecule has 37 heavy (non-hydrogen) atoms. The largest absolute Gasteiger partial charge is 0.339 e. The summed E-state index contributed by atoms with van der Waals surface area (Å²) in [7, 11) is 0. The predicted octanol–water partition coefficient (Wildman–Crippen LogP) is 7.40. The van der Waals surface area contributed by atoms with Crippen LogP contribution in [0.4, 0.5) is 0 Å². The van der Waals surface area contributed by atoms with Gasteiger partial charge in [-0.3, -0.25) is 4.79 Å². The van der Waals surface area contributed by atoms with E-state index in [1.54, 1.807) is 0 Å². The van der Waals surface area contributed by atoms with Gasteiger partial charge in [-0.15, -0.1) is 11.3 Å². The van der Waals surface area contributed by atoms with Gasteiger partial charge in [-0.25, -0.2) is 4.98 Å². The van der Waals surface area contributed by atoms with Crippen LogP contribution in [-0.2, 0) is 6.54 Å². The van der Waals surface area contributed by atoms with Gasteiger partial charge in [0.2, 0.25) is 0 Å². The number of aryl methyl sites for hydroxylation is 3. The fourth-order valence-corrected chi connectivity index (χ4v) is 6.17. The number of carbonyl (C=O) groups is 1. The smallest absolute Gasteiger partial charge is 0.253 e. The van der Waals surface area contributed by atoms with Crippen LogP contribution in [0.15, 0.2) is 24.3 Å². The van der Waals surface area contributed by atoms with Crippen LogP contribution >= 0.6 is 11.3 Å². The first-order chi connectivity index (χ1) is 17.7. The summed E-state index contributed by atoms with van der Waals surface area (Å²) in [6.45, 7) is 19.4. The van der Waals surface area contributed by atoms with Gasteiger partial charge >= 0.3 is 0 Å². The molecule has 2 aromatic heterocycles. The molecule has 1 saturated heterocycles. The van der Waals surface area contributed by atoms with Crippen LogP contribution in [-0.4, -0.2) is 58.0 Å². The summed E-state index contributed by atoms with van der Waals surface area (Å²) in [4.78, 5) is 26.0. The van der Waals surface area contributed by atoms with E-state index in [2.05, 4.69) is 74.1 Å². The SMILES string of the molecule is Cc1cc(-c2nc3ccc(C(=O)N(CCC(C)C)CCC(C)C)cc3n2CCCN2CCCC2)sc1C. The number of thiophene rings is 1. The van der Waals surface area contributed by atoms with Crippen LogP contribution in [0.1, 0.15) is 80.6 Å². The van der Waals surface area contributed by atoms with E-state index in [0.717, 1.165) is 67.9 Å². The first kappa shape index (κ1) is 27.8. The van der Waals surface area contributed by atoms with Crippen molar-refractivity contribution in [3.63, 3.8) is 0 Å². The molecule has 5 nitrogen and oxygen atoms in total. The summed E-state index contributed by atoms with van der Waals surface area (Å²) in [5, 5.41) is 0. The van der Waals surface area contributed by atoms with E-state index in [1.165, 1.54) is 41.2 Å². The molecule has 0 saturated carbocycles. The van der Waals surface area contributed by atoms with E-state index in [-0.39, 0.29) is 5.91 Å². The van der Waals surface area contributed by atoms with Crippen molar-refractivity contribution in [2.24, 2.45) is 11.8 Å². The first-order valence-electron chi connectivity index (χ1n) is 14.3. The van der Waals surface area contributed by atoms with Crippen LogP contribution in [0.5, 0.6) is 0 Å². The molecule has 1 fully saturated rings. The molecule has 1 aromatic carbocycles. The molecule has 0 atom stereocenters. The van der Waals surface area contributed by atoms with Gasteiger partial charge in [0.1, 0.15) is 0 Å². The van der Waals surface area contributed by atoms with Crippen LogP contribution in [0.25, 0.3) is 21.7 Å². The molecule has 0 N–H and O–H groups in total. The molecular formula is C31H46N4OS. The van der Waals surface area contributed by atoms with Crippen molar-refractivity contribution in [3.8, 4) is 10.7 Å². The van der Waals surface area contributed by atoms with Gasteiger partial charge in [-0.1, -0.05) is 27.7 Å². The number of carbonyl (C=O) groups excluding carboxylic acids is 1. The normalized spacial score (nSPS) is 14.5. The number of hydrogen-bond donors (Lipinski definition) is 0. The molecular weight excluding hydrogens is 476 g/mol. The Morgan fingerprint density at radius 3 is 2.27 bits per heavy atom. The van der Waals surface area contributed by atoms with Gasteiger partial charge in [0.05, 0.1) is 15.9 Å². The second-order valence-corrected chi connectivity index (χ2v) is 13.0. The second kappa shape index (κ2) is 12.6. The number of imidazole rings is 1. The molecule has 0 unspecified atom stereocenters. The summed E-state index contributed by atoms with van der Waals surface area (Å²) >= 11 is 1.82. The Morgan fingerprint density at radius 2 is 1.68 bits per heavy atom. The molecule has 0 spiro atoms. The van der Waals surface area contributed by atoms with Crippen molar-refractivity contribution in [3.05, 3.63) is 40.3 Å². The van der Waals surface area contributed by atoms with Crippen molar-refractivity contribution in [2.45, 2.75) is 80.2 Å². The van der Waals surface area contributed by atoms with Crippen molar-refractivity contribution in [1.82, 2.24) is 19.4 Å². The summed E-state index contributed by atoms with van der Waals surface area (Å²) < 4.78 is 2.37. The molecule has 1 aliphatic heterocycles. The lowest BCUT2D eigenvalue weighted by molar-refractivity contribution is 0.0741. The Hall–Kier alpha value is -2.18. The molecule has 0 aliphatic carbocycles. The average molecular weight is 523 g/mol. The number of rotatable bonds is 12. The average Bonchev–Trinajstić information content (AvgIpc) is 3.58. The molecule has 3 heterocycles. The molecule has 1 aliphatic rings. The first-order valence-corrected chi connectivity index (χ1v) is 15.1. The summed E-state index contributed by atoms with van der Waals surface area (Å²) in [5.41, 5.74) is 4.16. The Labute approximate surface area is 227 Å². The maximum atomic E-state index is 13.7. The number of nitrogens with zero attached hydrogens (tertiary/aromatic N) is 4. The minimum absolute atomic E-state index is 0.150. The van der Waals surface area contributed by atoms with Gasteiger partial charge in [0.25, 0.3) is 5.91 Å². The van der Waals surface area contributed by atoms with Crippen LogP contribution in [0.2, 0.25) is 0 Å². The van der Waals surface area contributed by atoms with Crippen LogP contribution < -0.4 is 0 Å². The third-order valence-corrected chi connectivity index (χ3v) is 8.82. The minimum atomic E-state index is 0.150. The van der Waals surface area contributed by atoms with Crippen LogP contribution in [0, 0.1) is 25.7 Å². The lowest BCUT2D eigenvalue weighted by Crippen LogP contribution is -2.34. The zero-order valence-corrected chi connectivity index (χ0v) is 24.7.